The highest BCUT2D eigenvalue weighted by atomic mass is 16.5. The summed E-state index contributed by atoms with van der Waals surface area (Å²) in [6, 6.07) is 17.3. The van der Waals surface area contributed by atoms with Crippen LogP contribution in [0, 0.1) is 11.3 Å². The second-order valence-corrected chi connectivity index (χ2v) is 7.31. The van der Waals surface area contributed by atoms with E-state index < -0.39 is 5.92 Å². The molecule has 0 aromatic heterocycles. The van der Waals surface area contributed by atoms with Gasteiger partial charge in [-0.1, -0.05) is 36.4 Å². The van der Waals surface area contributed by atoms with Crippen molar-refractivity contribution in [2.75, 3.05) is 14.2 Å². The lowest BCUT2D eigenvalue weighted by Gasteiger charge is -2.34. The predicted molar refractivity (Wildman–Crippen MR) is 111 cm³/mol. The van der Waals surface area contributed by atoms with Crippen molar-refractivity contribution in [3.63, 3.8) is 0 Å². The molecule has 0 radical (unpaired) electrons. The average molecular weight is 402 g/mol. The normalized spacial score (nSPS) is 20.9. The Morgan fingerprint density at radius 2 is 1.87 bits per heavy atom. The van der Waals surface area contributed by atoms with Gasteiger partial charge in [0.1, 0.15) is 28.9 Å². The fraction of sp³-hybridized carbons (Fsp3) is 0.250. The van der Waals surface area contributed by atoms with Crippen molar-refractivity contribution in [2.45, 2.75) is 24.7 Å². The molecular weight excluding hydrogens is 380 g/mol. The van der Waals surface area contributed by atoms with Crippen molar-refractivity contribution >= 4 is 5.78 Å². The van der Waals surface area contributed by atoms with E-state index in [4.69, 9.17) is 19.9 Å². The molecule has 4 rings (SSSR count). The number of ether oxygens (including phenoxy) is 3. The molecule has 2 aliphatic rings. The van der Waals surface area contributed by atoms with Crippen molar-refractivity contribution in [3.8, 4) is 17.6 Å². The highest BCUT2D eigenvalue weighted by molar-refractivity contribution is 6.00. The van der Waals surface area contributed by atoms with Crippen LogP contribution in [0.25, 0.3) is 0 Å². The highest BCUT2D eigenvalue weighted by Crippen LogP contribution is 2.48. The molecule has 0 amide bonds. The number of carbonyl (C=O) groups excluding carboxylic acids is 1. The quantitative estimate of drug-likeness (QED) is 0.833. The minimum Gasteiger partial charge on any atom is -0.497 e. The van der Waals surface area contributed by atoms with Gasteiger partial charge in [0.05, 0.1) is 20.1 Å². The number of hydrogen-bond donors (Lipinski definition) is 1. The molecule has 1 heterocycles. The SMILES string of the molecule is COc1ccc([C@H]2C(C#N)=C(N)OC3=C2C(=O)C[C@@H](c2ccccc2)C3)c(OC)c1. The summed E-state index contributed by atoms with van der Waals surface area (Å²) < 4.78 is 16.6. The zero-order valence-corrected chi connectivity index (χ0v) is 16.8. The number of nitriles is 1. The Balaban J connectivity index is 1.83. The second kappa shape index (κ2) is 7.96. The molecule has 1 aliphatic heterocycles. The van der Waals surface area contributed by atoms with Crippen LogP contribution in [-0.2, 0) is 9.53 Å². The zero-order chi connectivity index (χ0) is 21.3. The van der Waals surface area contributed by atoms with Gasteiger partial charge in [-0.05, 0) is 17.5 Å². The van der Waals surface area contributed by atoms with E-state index in [2.05, 4.69) is 6.07 Å². The first-order chi connectivity index (χ1) is 14.6. The molecule has 6 nitrogen and oxygen atoms in total. The van der Waals surface area contributed by atoms with Gasteiger partial charge in [-0.3, -0.25) is 4.79 Å². The van der Waals surface area contributed by atoms with E-state index in [1.165, 1.54) is 0 Å². The number of ketones is 1. The first-order valence-corrected chi connectivity index (χ1v) is 9.68. The summed E-state index contributed by atoms with van der Waals surface area (Å²) in [6.07, 6.45) is 0.888. The van der Waals surface area contributed by atoms with Gasteiger partial charge in [-0.15, -0.1) is 0 Å². The molecule has 2 atom stereocenters. The molecule has 0 saturated heterocycles. The molecule has 2 aromatic carbocycles. The van der Waals surface area contributed by atoms with E-state index in [1.54, 1.807) is 32.4 Å². The van der Waals surface area contributed by atoms with Crippen LogP contribution in [-0.4, -0.2) is 20.0 Å². The maximum atomic E-state index is 13.3. The minimum absolute atomic E-state index is 0.00676. The molecule has 30 heavy (non-hydrogen) atoms. The number of nitrogens with two attached hydrogens (primary N) is 1. The van der Waals surface area contributed by atoms with Crippen LogP contribution >= 0.6 is 0 Å². The number of benzene rings is 2. The summed E-state index contributed by atoms with van der Waals surface area (Å²) in [5, 5.41) is 9.80. The van der Waals surface area contributed by atoms with Crippen molar-refractivity contribution < 1.29 is 19.0 Å². The Kier molecular flexibility index (Phi) is 5.20. The van der Waals surface area contributed by atoms with Gasteiger partial charge in [0, 0.05) is 30.0 Å². The lowest BCUT2D eigenvalue weighted by atomic mass is 9.73. The van der Waals surface area contributed by atoms with Crippen molar-refractivity contribution in [2.24, 2.45) is 5.73 Å². The lowest BCUT2D eigenvalue weighted by Crippen LogP contribution is -2.30. The van der Waals surface area contributed by atoms with Gasteiger partial charge in [0.25, 0.3) is 0 Å². The zero-order valence-electron chi connectivity index (χ0n) is 16.8. The monoisotopic (exact) mass is 402 g/mol. The van der Waals surface area contributed by atoms with Crippen LogP contribution in [0.1, 0.15) is 35.8 Å². The summed E-state index contributed by atoms with van der Waals surface area (Å²) in [6.45, 7) is 0. The molecule has 0 saturated carbocycles. The topological polar surface area (TPSA) is 94.6 Å². The van der Waals surface area contributed by atoms with Gasteiger partial charge < -0.3 is 19.9 Å². The fourth-order valence-electron chi connectivity index (χ4n) is 4.24. The first kappa shape index (κ1) is 19.6. The molecular formula is C24H22N2O4. The van der Waals surface area contributed by atoms with Gasteiger partial charge in [-0.2, -0.15) is 5.26 Å². The van der Waals surface area contributed by atoms with Crippen LogP contribution in [0.2, 0.25) is 0 Å². The van der Waals surface area contributed by atoms with Crippen LogP contribution in [0.15, 0.2) is 71.3 Å². The number of hydrogen-bond acceptors (Lipinski definition) is 6. The van der Waals surface area contributed by atoms with Crippen LogP contribution in [0.4, 0.5) is 0 Å². The van der Waals surface area contributed by atoms with Crippen LogP contribution in [0.5, 0.6) is 11.5 Å². The van der Waals surface area contributed by atoms with Crippen LogP contribution in [0.3, 0.4) is 0 Å². The van der Waals surface area contributed by atoms with E-state index in [1.807, 2.05) is 30.3 Å². The van der Waals surface area contributed by atoms with Crippen LogP contribution < -0.4 is 15.2 Å². The standard InChI is InChI=1S/C24H22N2O4/c1-28-16-8-9-17(20(12-16)29-2)22-18(13-25)24(26)30-21-11-15(10-19(27)23(21)22)14-6-4-3-5-7-14/h3-9,12,15,22H,10-11,26H2,1-2H3/t15-,22+/m1/s1. The highest BCUT2D eigenvalue weighted by Gasteiger charge is 2.41. The molecule has 2 N–H and O–H groups in total. The smallest absolute Gasteiger partial charge is 0.205 e. The third kappa shape index (κ3) is 3.29. The van der Waals surface area contributed by atoms with E-state index in [0.29, 0.717) is 41.2 Å². The molecule has 2 aromatic rings. The predicted octanol–water partition coefficient (Wildman–Crippen LogP) is 3.91. The van der Waals surface area contributed by atoms with Gasteiger partial charge >= 0.3 is 0 Å². The first-order valence-electron chi connectivity index (χ1n) is 9.68. The number of methoxy groups -OCH3 is 2. The number of Topliss-reactive ketones (excluding diaryl/α,β-unsaturated/α-hetero) is 1. The molecule has 0 bridgehead atoms. The third-order valence-corrected chi connectivity index (χ3v) is 5.68. The van der Waals surface area contributed by atoms with E-state index >= 15 is 0 Å². The summed E-state index contributed by atoms with van der Waals surface area (Å²) in [5.41, 5.74) is 8.58. The molecule has 6 heteroatoms. The Labute approximate surface area is 175 Å². The van der Waals surface area contributed by atoms with Crippen molar-refractivity contribution in [3.05, 3.63) is 82.4 Å². The third-order valence-electron chi connectivity index (χ3n) is 5.68. The molecule has 1 aliphatic carbocycles. The maximum absolute atomic E-state index is 13.3. The summed E-state index contributed by atoms with van der Waals surface area (Å²) in [4.78, 5) is 13.3. The number of nitrogens with zero attached hydrogens (tertiary/aromatic N) is 1. The average Bonchev–Trinajstić information content (AvgIpc) is 2.78. The maximum Gasteiger partial charge on any atom is 0.205 e. The van der Waals surface area contributed by atoms with Gasteiger partial charge in [0.15, 0.2) is 5.78 Å². The summed E-state index contributed by atoms with van der Waals surface area (Å²) in [7, 11) is 3.11. The van der Waals surface area contributed by atoms with E-state index in [-0.39, 0.29) is 23.2 Å². The molecule has 0 fully saturated rings. The van der Waals surface area contributed by atoms with Gasteiger partial charge in [0.2, 0.25) is 5.88 Å². The Hall–Kier alpha value is -3.72. The van der Waals surface area contributed by atoms with Crippen molar-refractivity contribution in [1.82, 2.24) is 0 Å². The van der Waals surface area contributed by atoms with E-state index in [0.717, 1.165) is 5.56 Å². The second-order valence-electron chi connectivity index (χ2n) is 7.31. The van der Waals surface area contributed by atoms with Gasteiger partial charge in [-0.25, -0.2) is 0 Å². The summed E-state index contributed by atoms with van der Waals surface area (Å²) >= 11 is 0. The van der Waals surface area contributed by atoms with E-state index in [9.17, 15) is 10.1 Å². The summed E-state index contributed by atoms with van der Waals surface area (Å²) in [5.74, 6) is 1.02. The Morgan fingerprint density at radius 1 is 1.10 bits per heavy atom. The fourth-order valence-corrected chi connectivity index (χ4v) is 4.24. The van der Waals surface area contributed by atoms with Crippen molar-refractivity contribution in [1.29, 1.82) is 5.26 Å². The minimum atomic E-state index is -0.635. The molecule has 0 unspecified atom stereocenters. The molecule has 152 valence electrons. The number of rotatable bonds is 4. The lowest BCUT2D eigenvalue weighted by molar-refractivity contribution is -0.117. The number of carbonyl (C=O) groups is 1. The number of allylic oxidation sites excluding steroid dienone is 3. The Morgan fingerprint density at radius 3 is 2.53 bits per heavy atom. The largest absolute Gasteiger partial charge is 0.497 e. The molecule has 0 spiro atoms. The Bertz CT molecular complexity index is 1100.